The predicted octanol–water partition coefficient (Wildman–Crippen LogP) is -0.961. The van der Waals surface area contributed by atoms with Crippen LogP contribution in [-0.2, 0) is 0 Å². The largest absolute Gasteiger partial charge is 0.304 e. The van der Waals surface area contributed by atoms with Gasteiger partial charge in [-0.1, -0.05) is 0 Å². The van der Waals surface area contributed by atoms with Crippen molar-refractivity contribution in [1.29, 1.82) is 0 Å². The van der Waals surface area contributed by atoms with E-state index in [9.17, 15) is 0 Å². The maximum absolute atomic E-state index is 5.53. The average Bonchev–Trinajstić information content (AvgIpc) is 2.03. The molecule has 1 aliphatic rings. The second-order valence-corrected chi connectivity index (χ2v) is 3.63. The first-order chi connectivity index (χ1) is 5.68. The molecule has 2 N–H and O–H groups in total. The van der Waals surface area contributed by atoms with Crippen molar-refractivity contribution in [2.75, 3.05) is 53.4 Å². The smallest absolute Gasteiger partial charge is 0.0253 e. The van der Waals surface area contributed by atoms with Crippen LogP contribution in [-0.4, -0.2) is 68.2 Å². The molecule has 1 heterocycles. The van der Waals surface area contributed by atoms with E-state index in [0.717, 1.165) is 13.1 Å². The van der Waals surface area contributed by atoms with Crippen molar-refractivity contribution >= 4 is 0 Å². The Balaban J connectivity index is 2.09. The molecule has 0 aromatic carbocycles. The number of hydrogen-bond acceptors (Lipinski definition) is 4. The Labute approximate surface area is 74.9 Å². The summed E-state index contributed by atoms with van der Waals surface area (Å²) in [6.07, 6.45) is 0. The number of hydrazine groups is 1. The summed E-state index contributed by atoms with van der Waals surface area (Å²) in [4.78, 5) is 4.83. The van der Waals surface area contributed by atoms with Crippen LogP contribution in [0.2, 0.25) is 0 Å². The van der Waals surface area contributed by atoms with Gasteiger partial charge in [-0.15, -0.1) is 0 Å². The van der Waals surface area contributed by atoms with E-state index in [4.69, 9.17) is 5.84 Å². The Kier molecular flexibility index (Phi) is 3.94. The molecule has 4 nitrogen and oxygen atoms in total. The molecule has 72 valence electrons. The molecule has 0 spiro atoms. The number of rotatable bonds is 3. The summed E-state index contributed by atoms with van der Waals surface area (Å²) in [5, 5.41) is 1.75. The Morgan fingerprint density at radius 2 is 1.83 bits per heavy atom. The van der Waals surface area contributed by atoms with Crippen LogP contribution in [0.1, 0.15) is 0 Å². The van der Waals surface area contributed by atoms with Crippen molar-refractivity contribution in [2.45, 2.75) is 0 Å². The van der Waals surface area contributed by atoms with Gasteiger partial charge >= 0.3 is 0 Å². The maximum atomic E-state index is 5.53. The molecule has 1 rings (SSSR count). The SMILES string of the molecule is CN(N)CCN1CCN(C)CC1. The zero-order chi connectivity index (χ0) is 8.97. The molecule has 0 aromatic rings. The molecule has 1 fully saturated rings. The second-order valence-electron chi connectivity index (χ2n) is 3.63. The highest BCUT2D eigenvalue weighted by atomic mass is 15.4. The van der Waals surface area contributed by atoms with Crippen molar-refractivity contribution in [3.63, 3.8) is 0 Å². The third-order valence-electron chi connectivity index (χ3n) is 2.36. The molecule has 12 heavy (non-hydrogen) atoms. The van der Waals surface area contributed by atoms with E-state index in [1.807, 2.05) is 7.05 Å². The second kappa shape index (κ2) is 4.77. The summed E-state index contributed by atoms with van der Waals surface area (Å²) in [5.41, 5.74) is 0. The molecule has 1 aliphatic heterocycles. The van der Waals surface area contributed by atoms with Gasteiger partial charge in [0.15, 0.2) is 0 Å². The molecule has 0 aliphatic carbocycles. The fourth-order valence-corrected chi connectivity index (χ4v) is 1.37. The lowest BCUT2D eigenvalue weighted by atomic mass is 10.3. The van der Waals surface area contributed by atoms with Gasteiger partial charge in [-0.05, 0) is 7.05 Å². The summed E-state index contributed by atoms with van der Waals surface area (Å²) >= 11 is 0. The Hall–Kier alpha value is -0.160. The number of nitrogens with zero attached hydrogens (tertiary/aromatic N) is 3. The van der Waals surface area contributed by atoms with Gasteiger partial charge in [-0.25, -0.2) is 5.01 Å². The van der Waals surface area contributed by atoms with E-state index >= 15 is 0 Å². The van der Waals surface area contributed by atoms with E-state index in [0.29, 0.717) is 0 Å². The van der Waals surface area contributed by atoms with Crippen molar-refractivity contribution in [3.05, 3.63) is 0 Å². The topological polar surface area (TPSA) is 35.7 Å². The average molecular weight is 172 g/mol. The summed E-state index contributed by atoms with van der Waals surface area (Å²) in [7, 11) is 4.09. The van der Waals surface area contributed by atoms with E-state index in [1.54, 1.807) is 5.01 Å². The predicted molar refractivity (Wildman–Crippen MR) is 50.8 cm³/mol. The van der Waals surface area contributed by atoms with Crippen molar-refractivity contribution in [2.24, 2.45) is 5.84 Å². The molecule has 0 radical (unpaired) electrons. The highest BCUT2D eigenvalue weighted by Gasteiger charge is 2.12. The van der Waals surface area contributed by atoms with E-state index < -0.39 is 0 Å². The van der Waals surface area contributed by atoms with Crippen molar-refractivity contribution in [1.82, 2.24) is 14.8 Å². The quantitative estimate of drug-likeness (QED) is 0.439. The van der Waals surface area contributed by atoms with Gasteiger partial charge in [0.1, 0.15) is 0 Å². The van der Waals surface area contributed by atoms with Gasteiger partial charge in [0.05, 0.1) is 0 Å². The minimum Gasteiger partial charge on any atom is -0.304 e. The van der Waals surface area contributed by atoms with Gasteiger partial charge in [-0.3, -0.25) is 10.7 Å². The lowest BCUT2D eigenvalue weighted by molar-refractivity contribution is 0.141. The van der Waals surface area contributed by atoms with Crippen LogP contribution in [0.5, 0.6) is 0 Å². The molecule has 0 bridgehead atoms. The number of nitrogens with two attached hydrogens (primary N) is 1. The number of piperazine rings is 1. The molecule has 4 heteroatoms. The van der Waals surface area contributed by atoms with Crippen molar-refractivity contribution < 1.29 is 0 Å². The fraction of sp³-hybridized carbons (Fsp3) is 1.00. The first-order valence-electron chi connectivity index (χ1n) is 4.55. The minimum absolute atomic E-state index is 0.962. The van der Waals surface area contributed by atoms with Gasteiger partial charge in [-0.2, -0.15) is 0 Å². The molecule has 0 atom stereocenters. The maximum Gasteiger partial charge on any atom is 0.0253 e. The Morgan fingerprint density at radius 3 is 2.33 bits per heavy atom. The van der Waals surface area contributed by atoms with Gasteiger partial charge in [0.25, 0.3) is 0 Å². The number of likely N-dealkylation sites (N-methyl/N-ethyl adjacent to an activating group) is 2. The first-order valence-corrected chi connectivity index (χ1v) is 4.55. The van der Waals surface area contributed by atoms with Crippen molar-refractivity contribution in [3.8, 4) is 0 Å². The van der Waals surface area contributed by atoms with E-state index in [2.05, 4.69) is 16.8 Å². The third kappa shape index (κ3) is 3.49. The summed E-state index contributed by atoms with van der Waals surface area (Å²) in [6.45, 7) is 6.81. The lowest BCUT2D eigenvalue weighted by Crippen LogP contribution is -2.47. The monoisotopic (exact) mass is 172 g/mol. The standard InChI is InChI=1S/C8H20N4/c1-10-3-6-12(7-4-10)8-5-11(2)9/h3-9H2,1-2H3. The van der Waals surface area contributed by atoms with Crippen LogP contribution in [0, 0.1) is 0 Å². The zero-order valence-corrected chi connectivity index (χ0v) is 8.16. The molecular formula is C8H20N4. The van der Waals surface area contributed by atoms with Gasteiger partial charge in [0.2, 0.25) is 0 Å². The normalized spacial score (nSPS) is 22.0. The van der Waals surface area contributed by atoms with E-state index in [-0.39, 0.29) is 0 Å². The first kappa shape index (κ1) is 9.92. The molecule has 0 amide bonds. The number of hydrogen-bond donors (Lipinski definition) is 1. The lowest BCUT2D eigenvalue weighted by Gasteiger charge is -2.32. The molecule has 1 saturated heterocycles. The van der Waals surface area contributed by atoms with Gasteiger partial charge < -0.3 is 4.90 Å². The zero-order valence-electron chi connectivity index (χ0n) is 8.16. The summed E-state index contributed by atoms with van der Waals surface area (Å²) < 4.78 is 0. The Bertz CT molecular complexity index is 118. The van der Waals surface area contributed by atoms with Crippen LogP contribution >= 0.6 is 0 Å². The van der Waals surface area contributed by atoms with Crippen LogP contribution in [0.25, 0.3) is 0 Å². The van der Waals surface area contributed by atoms with Crippen LogP contribution < -0.4 is 5.84 Å². The minimum atomic E-state index is 0.962. The molecular weight excluding hydrogens is 152 g/mol. The summed E-state index contributed by atoms with van der Waals surface area (Å²) in [6, 6.07) is 0. The fourth-order valence-electron chi connectivity index (χ4n) is 1.37. The van der Waals surface area contributed by atoms with Crippen LogP contribution in [0.15, 0.2) is 0 Å². The van der Waals surface area contributed by atoms with E-state index in [1.165, 1.54) is 26.2 Å². The summed E-state index contributed by atoms with van der Waals surface area (Å²) in [5.74, 6) is 5.53. The van der Waals surface area contributed by atoms with Crippen LogP contribution in [0.3, 0.4) is 0 Å². The highest BCUT2D eigenvalue weighted by Crippen LogP contribution is 1.97. The molecule has 0 aromatic heterocycles. The highest BCUT2D eigenvalue weighted by molar-refractivity contribution is 4.69. The molecule has 0 saturated carbocycles. The third-order valence-corrected chi connectivity index (χ3v) is 2.36. The van der Waals surface area contributed by atoms with Crippen LogP contribution in [0.4, 0.5) is 0 Å². The van der Waals surface area contributed by atoms with Gasteiger partial charge in [0, 0.05) is 46.3 Å². The molecule has 0 unspecified atom stereocenters. The Morgan fingerprint density at radius 1 is 1.25 bits per heavy atom.